The molecule has 1 aromatic heterocycles. The molecule has 0 aliphatic rings. The molecule has 0 radical (unpaired) electrons. The van der Waals surface area contributed by atoms with Gasteiger partial charge in [-0.15, -0.1) is 0 Å². The molecule has 0 aliphatic carbocycles. The van der Waals surface area contributed by atoms with Gasteiger partial charge in [-0.05, 0) is 24.3 Å². The highest BCUT2D eigenvalue weighted by molar-refractivity contribution is 6.08. The highest BCUT2D eigenvalue weighted by Gasteiger charge is 2.24. The molecule has 1 unspecified atom stereocenters. The van der Waals surface area contributed by atoms with E-state index in [1.54, 1.807) is 48.5 Å². The van der Waals surface area contributed by atoms with Crippen molar-refractivity contribution in [3.8, 4) is 5.75 Å². The van der Waals surface area contributed by atoms with Gasteiger partial charge >= 0.3 is 0 Å². The van der Waals surface area contributed by atoms with E-state index in [2.05, 4.69) is 15.5 Å². The van der Waals surface area contributed by atoms with E-state index in [4.69, 9.17) is 4.74 Å². The summed E-state index contributed by atoms with van der Waals surface area (Å²) in [5.74, 6) is 0.560. The largest absolute Gasteiger partial charge is 0.477 e. The first-order valence-electron chi connectivity index (χ1n) is 10.8. The zero-order valence-electron chi connectivity index (χ0n) is 18.1. The number of aromatic amines is 1. The number of Topliss-reactive ketones (excluding diaryl/α,β-unsaturated/α-hetero) is 1. The molecular weight excluding hydrogens is 426 g/mol. The first kappa shape index (κ1) is 21.2. The van der Waals surface area contributed by atoms with E-state index in [1.807, 2.05) is 60.7 Å². The maximum atomic E-state index is 13.3. The van der Waals surface area contributed by atoms with Gasteiger partial charge in [-0.25, -0.2) is 0 Å². The lowest BCUT2D eigenvalue weighted by atomic mass is 10.00. The van der Waals surface area contributed by atoms with Crippen LogP contribution in [0.2, 0.25) is 0 Å². The van der Waals surface area contributed by atoms with Gasteiger partial charge in [0, 0.05) is 28.1 Å². The fourth-order valence-corrected chi connectivity index (χ4v) is 3.73. The van der Waals surface area contributed by atoms with E-state index in [0.29, 0.717) is 28.2 Å². The number of ketones is 1. The number of hydrogen-bond acceptors (Lipinski definition) is 4. The van der Waals surface area contributed by atoms with Crippen LogP contribution in [0.4, 0.5) is 5.82 Å². The lowest BCUT2D eigenvalue weighted by molar-refractivity contribution is 0.0792. The lowest BCUT2D eigenvalue weighted by Crippen LogP contribution is -2.19. The van der Waals surface area contributed by atoms with Crippen molar-refractivity contribution in [2.45, 2.75) is 6.10 Å². The molecule has 0 spiro atoms. The average Bonchev–Trinajstić information content (AvgIpc) is 3.30. The van der Waals surface area contributed by atoms with Gasteiger partial charge in [-0.3, -0.25) is 14.7 Å². The molecule has 34 heavy (non-hydrogen) atoms. The van der Waals surface area contributed by atoms with Crippen LogP contribution < -0.4 is 10.1 Å². The van der Waals surface area contributed by atoms with Crippen molar-refractivity contribution in [2.24, 2.45) is 0 Å². The van der Waals surface area contributed by atoms with E-state index in [9.17, 15) is 9.59 Å². The Balaban J connectivity index is 1.41. The Hall–Kier alpha value is -4.71. The molecule has 1 heterocycles. The smallest absolute Gasteiger partial charge is 0.256 e. The van der Waals surface area contributed by atoms with Gasteiger partial charge in [0.05, 0.1) is 5.52 Å². The minimum Gasteiger partial charge on any atom is -0.477 e. The van der Waals surface area contributed by atoms with Gasteiger partial charge < -0.3 is 10.1 Å². The molecule has 5 aromatic rings. The van der Waals surface area contributed by atoms with Crippen LogP contribution in [-0.2, 0) is 0 Å². The van der Waals surface area contributed by atoms with Gasteiger partial charge in [0.25, 0.3) is 5.91 Å². The molecule has 5 rings (SSSR count). The molecule has 0 bridgehead atoms. The third-order valence-electron chi connectivity index (χ3n) is 5.45. The second-order valence-electron chi connectivity index (χ2n) is 7.74. The zero-order chi connectivity index (χ0) is 23.3. The molecule has 1 amide bonds. The number of rotatable bonds is 7. The summed E-state index contributed by atoms with van der Waals surface area (Å²) in [6.07, 6.45) is -0.804. The summed E-state index contributed by atoms with van der Waals surface area (Å²) in [7, 11) is 0. The van der Waals surface area contributed by atoms with Crippen molar-refractivity contribution in [3.63, 3.8) is 0 Å². The molecule has 0 fully saturated rings. The second-order valence-corrected chi connectivity index (χ2v) is 7.74. The van der Waals surface area contributed by atoms with Crippen LogP contribution in [0.5, 0.6) is 5.75 Å². The Kier molecular flexibility index (Phi) is 5.86. The monoisotopic (exact) mass is 447 g/mol. The predicted octanol–water partition coefficient (Wildman–Crippen LogP) is 5.82. The molecule has 166 valence electrons. The van der Waals surface area contributed by atoms with Crippen molar-refractivity contribution in [1.82, 2.24) is 10.2 Å². The highest BCUT2D eigenvalue weighted by atomic mass is 16.5. The van der Waals surface area contributed by atoms with Gasteiger partial charge in [0.1, 0.15) is 5.75 Å². The number of amides is 1. The van der Waals surface area contributed by atoms with Crippen LogP contribution in [-0.4, -0.2) is 21.9 Å². The normalized spacial score (nSPS) is 11.6. The molecular formula is C28H21N3O3. The molecule has 2 N–H and O–H groups in total. The quantitative estimate of drug-likeness (QED) is 0.308. The van der Waals surface area contributed by atoms with Crippen molar-refractivity contribution < 1.29 is 14.3 Å². The topological polar surface area (TPSA) is 84.1 Å². The number of nitrogens with one attached hydrogen (secondary N) is 2. The summed E-state index contributed by atoms with van der Waals surface area (Å²) in [6.45, 7) is 0. The van der Waals surface area contributed by atoms with Crippen molar-refractivity contribution in [3.05, 3.63) is 126 Å². The highest BCUT2D eigenvalue weighted by Crippen LogP contribution is 2.30. The summed E-state index contributed by atoms with van der Waals surface area (Å²) in [6, 6.07) is 32.8. The maximum Gasteiger partial charge on any atom is 0.256 e. The molecule has 6 heteroatoms. The van der Waals surface area contributed by atoms with Gasteiger partial charge in [-0.2, -0.15) is 5.10 Å². The molecule has 0 saturated carbocycles. The third kappa shape index (κ3) is 4.42. The first-order valence-corrected chi connectivity index (χ1v) is 10.8. The number of hydrogen-bond donors (Lipinski definition) is 2. The molecule has 6 nitrogen and oxygen atoms in total. The number of anilines is 1. The minimum atomic E-state index is -0.804. The fraction of sp³-hybridized carbons (Fsp3) is 0.0357. The number of aromatic nitrogens is 2. The number of fused-ring (bicyclic) bond motifs is 1. The Morgan fingerprint density at radius 2 is 1.38 bits per heavy atom. The van der Waals surface area contributed by atoms with Crippen LogP contribution in [0.15, 0.2) is 109 Å². The number of H-pyrrole nitrogens is 1. The van der Waals surface area contributed by atoms with E-state index in [-0.39, 0.29) is 11.7 Å². The molecule has 0 saturated heterocycles. The van der Waals surface area contributed by atoms with Crippen LogP contribution in [0.3, 0.4) is 0 Å². The van der Waals surface area contributed by atoms with E-state index >= 15 is 0 Å². The van der Waals surface area contributed by atoms with Crippen LogP contribution in [0.1, 0.15) is 32.4 Å². The number of benzene rings is 4. The zero-order valence-corrected chi connectivity index (χ0v) is 18.1. The average molecular weight is 447 g/mol. The Bertz CT molecular complexity index is 1430. The number of carbonyl (C=O) groups excluding carboxylic acids is 2. The lowest BCUT2D eigenvalue weighted by Gasteiger charge is -2.19. The van der Waals surface area contributed by atoms with Gasteiger partial charge in [-0.1, -0.05) is 78.9 Å². The van der Waals surface area contributed by atoms with E-state index in [0.717, 1.165) is 10.9 Å². The fourth-order valence-electron chi connectivity index (χ4n) is 3.73. The summed E-state index contributed by atoms with van der Waals surface area (Å²) >= 11 is 0. The summed E-state index contributed by atoms with van der Waals surface area (Å²) < 4.78 is 6.20. The molecule has 4 aromatic carbocycles. The van der Waals surface area contributed by atoms with Gasteiger partial charge in [0.15, 0.2) is 11.9 Å². The Morgan fingerprint density at radius 1 is 0.765 bits per heavy atom. The van der Waals surface area contributed by atoms with Crippen LogP contribution >= 0.6 is 0 Å². The summed E-state index contributed by atoms with van der Waals surface area (Å²) in [5, 5.41) is 10.7. The first-order chi connectivity index (χ1) is 16.7. The Morgan fingerprint density at radius 3 is 2.06 bits per heavy atom. The third-order valence-corrected chi connectivity index (χ3v) is 5.45. The SMILES string of the molecule is O=C(Nc1n[nH]c2cc(OC(C(=O)c3ccccc3)c3ccccc3)ccc12)c1ccccc1. The van der Waals surface area contributed by atoms with Crippen molar-refractivity contribution >= 4 is 28.4 Å². The second kappa shape index (κ2) is 9.42. The summed E-state index contributed by atoms with van der Waals surface area (Å²) in [5.41, 5.74) is 2.56. The minimum absolute atomic E-state index is 0.132. The van der Waals surface area contributed by atoms with E-state index < -0.39 is 6.10 Å². The van der Waals surface area contributed by atoms with Crippen molar-refractivity contribution in [2.75, 3.05) is 5.32 Å². The number of ether oxygens (including phenoxy) is 1. The maximum absolute atomic E-state index is 13.3. The van der Waals surface area contributed by atoms with Crippen molar-refractivity contribution in [1.29, 1.82) is 0 Å². The van der Waals surface area contributed by atoms with Crippen LogP contribution in [0.25, 0.3) is 10.9 Å². The van der Waals surface area contributed by atoms with Crippen LogP contribution in [0, 0.1) is 0 Å². The standard InChI is InChI=1S/C28H21N3O3/c32-25(19-10-4-1-5-11-19)26(20-12-6-2-7-13-20)34-22-16-17-23-24(18-22)30-31-27(23)29-28(33)21-14-8-3-9-15-21/h1-18,26H,(H2,29,30,31,33). The van der Waals surface area contributed by atoms with E-state index in [1.165, 1.54) is 0 Å². The number of carbonyl (C=O) groups is 2. The molecule has 0 aliphatic heterocycles. The Labute approximate surface area is 196 Å². The summed E-state index contributed by atoms with van der Waals surface area (Å²) in [4.78, 5) is 25.8. The van der Waals surface area contributed by atoms with Gasteiger partial charge in [0.2, 0.25) is 5.78 Å². The number of nitrogens with zero attached hydrogens (tertiary/aromatic N) is 1. The predicted molar refractivity (Wildman–Crippen MR) is 131 cm³/mol. The molecule has 1 atom stereocenters.